The van der Waals surface area contributed by atoms with Gasteiger partial charge in [-0.2, -0.15) is 0 Å². The Bertz CT molecular complexity index is 367. The van der Waals surface area contributed by atoms with Gasteiger partial charge >= 0.3 is 0 Å². The van der Waals surface area contributed by atoms with E-state index in [2.05, 4.69) is 17.3 Å². The Balaban J connectivity index is 0.00000200. The van der Waals surface area contributed by atoms with E-state index in [1.54, 1.807) is 7.11 Å². The predicted octanol–water partition coefficient (Wildman–Crippen LogP) is 2.18. The Hall–Kier alpha value is -0.970. The van der Waals surface area contributed by atoms with Gasteiger partial charge in [-0.1, -0.05) is 0 Å². The zero-order valence-electron chi connectivity index (χ0n) is 12.3. The van der Waals surface area contributed by atoms with Gasteiger partial charge in [0.25, 0.3) is 0 Å². The van der Waals surface area contributed by atoms with E-state index in [0.29, 0.717) is 6.04 Å². The lowest BCUT2D eigenvalue weighted by Crippen LogP contribution is -2.42. The van der Waals surface area contributed by atoms with Crippen LogP contribution >= 0.6 is 12.4 Å². The van der Waals surface area contributed by atoms with Gasteiger partial charge in [0, 0.05) is 12.6 Å². The number of benzene rings is 1. The first kappa shape index (κ1) is 17.1. The van der Waals surface area contributed by atoms with Gasteiger partial charge in [0.15, 0.2) is 0 Å². The SMILES string of the molecule is COc1ccc(OCCN(C)C2CCNCC2)cc1.Cl. The largest absolute Gasteiger partial charge is 0.497 e. The third-order valence-electron chi connectivity index (χ3n) is 3.70. The molecule has 0 unspecified atom stereocenters. The summed E-state index contributed by atoms with van der Waals surface area (Å²) in [7, 11) is 3.86. The van der Waals surface area contributed by atoms with Crippen molar-refractivity contribution in [3.05, 3.63) is 24.3 Å². The molecule has 1 aliphatic heterocycles. The first-order chi connectivity index (χ1) is 9.29. The number of likely N-dealkylation sites (N-methyl/N-ethyl adjacent to an activating group) is 1. The molecule has 4 nitrogen and oxygen atoms in total. The Labute approximate surface area is 127 Å². The molecule has 1 saturated heterocycles. The average Bonchev–Trinajstić information content (AvgIpc) is 2.49. The Kier molecular flexibility index (Phi) is 7.73. The molecule has 0 radical (unpaired) electrons. The molecule has 20 heavy (non-hydrogen) atoms. The summed E-state index contributed by atoms with van der Waals surface area (Å²) in [6, 6.07) is 8.44. The molecule has 1 N–H and O–H groups in total. The van der Waals surface area contributed by atoms with Crippen LogP contribution in [0.15, 0.2) is 24.3 Å². The molecule has 0 atom stereocenters. The minimum Gasteiger partial charge on any atom is -0.497 e. The van der Waals surface area contributed by atoms with E-state index in [-0.39, 0.29) is 12.4 Å². The molecular weight excluding hydrogens is 276 g/mol. The second-order valence-corrected chi connectivity index (χ2v) is 4.99. The number of rotatable bonds is 6. The van der Waals surface area contributed by atoms with Crippen LogP contribution < -0.4 is 14.8 Å². The third-order valence-corrected chi connectivity index (χ3v) is 3.70. The number of methoxy groups -OCH3 is 1. The number of hydrogen-bond acceptors (Lipinski definition) is 4. The summed E-state index contributed by atoms with van der Waals surface area (Å²) in [6.07, 6.45) is 2.47. The van der Waals surface area contributed by atoms with Crippen LogP contribution in [-0.2, 0) is 0 Å². The Morgan fingerprint density at radius 1 is 1.15 bits per heavy atom. The molecule has 2 rings (SSSR count). The molecule has 0 aliphatic carbocycles. The van der Waals surface area contributed by atoms with Gasteiger partial charge in [0.2, 0.25) is 0 Å². The zero-order valence-corrected chi connectivity index (χ0v) is 13.1. The maximum absolute atomic E-state index is 5.75. The minimum absolute atomic E-state index is 0. The Morgan fingerprint density at radius 2 is 1.75 bits per heavy atom. The lowest BCUT2D eigenvalue weighted by atomic mass is 10.1. The van der Waals surface area contributed by atoms with Crippen molar-refractivity contribution < 1.29 is 9.47 Å². The van der Waals surface area contributed by atoms with Crippen LogP contribution in [0.5, 0.6) is 11.5 Å². The van der Waals surface area contributed by atoms with Crippen molar-refractivity contribution in [2.75, 3.05) is 40.4 Å². The summed E-state index contributed by atoms with van der Waals surface area (Å²) < 4.78 is 10.9. The first-order valence-corrected chi connectivity index (χ1v) is 6.97. The number of piperidine rings is 1. The summed E-state index contributed by atoms with van der Waals surface area (Å²) in [4.78, 5) is 2.41. The van der Waals surface area contributed by atoms with E-state index in [0.717, 1.165) is 37.7 Å². The maximum Gasteiger partial charge on any atom is 0.119 e. The topological polar surface area (TPSA) is 33.7 Å². The number of ether oxygens (including phenoxy) is 2. The summed E-state index contributed by atoms with van der Waals surface area (Å²) >= 11 is 0. The highest BCUT2D eigenvalue weighted by molar-refractivity contribution is 5.85. The molecule has 5 heteroatoms. The molecule has 0 aromatic heterocycles. The zero-order chi connectivity index (χ0) is 13.5. The normalized spacial score (nSPS) is 15.8. The molecule has 0 saturated carbocycles. The van der Waals surface area contributed by atoms with Crippen LogP contribution in [0.1, 0.15) is 12.8 Å². The predicted molar refractivity (Wildman–Crippen MR) is 84.3 cm³/mol. The molecule has 1 fully saturated rings. The molecule has 1 aromatic carbocycles. The van der Waals surface area contributed by atoms with E-state index in [1.165, 1.54) is 12.8 Å². The second kappa shape index (κ2) is 9.06. The number of hydrogen-bond donors (Lipinski definition) is 1. The number of halogens is 1. The molecule has 0 spiro atoms. The van der Waals surface area contributed by atoms with Crippen LogP contribution in [0.4, 0.5) is 0 Å². The van der Waals surface area contributed by atoms with Crippen LogP contribution in [-0.4, -0.2) is 51.3 Å². The molecule has 114 valence electrons. The number of nitrogens with zero attached hydrogens (tertiary/aromatic N) is 1. The molecule has 1 aromatic rings. The fourth-order valence-electron chi connectivity index (χ4n) is 2.41. The summed E-state index contributed by atoms with van der Waals surface area (Å²) in [5.74, 6) is 1.76. The summed E-state index contributed by atoms with van der Waals surface area (Å²) in [5, 5.41) is 3.39. The standard InChI is InChI=1S/C15H24N2O2.ClH/c1-17(13-7-9-16-10-8-13)11-12-19-15-5-3-14(18-2)4-6-15;/h3-6,13,16H,7-12H2,1-2H3;1H. The summed E-state index contributed by atoms with van der Waals surface area (Å²) in [6.45, 7) is 3.96. The fraction of sp³-hybridized carbons (Fsp3) is 0.600. The van der Waals surface area contributed by atoms with E-state index in [1.807, 2.05) is 24.3 Å². The number of nitrogens with one attached hydrogen (secondary N) is 1. The van der Waals surface area contributed by atoms with Crippen LogP contribution in [0, 0.1) is 0 Å². The van der Waals surface area contributed by atoms with Crippen LogP contribution in [0.2, 0.25) is 0 Å². The van der Waals surface area contributed by atoms with Crippen molar-refractivity contribution >= 4 is 12.4 Å². The minimum atomic E-state index is 0. The van der Waals surface area contributed by atoms with Gasteiger partial charge in [-0.3, -0.25) is 4.90 Å². The fourth-order valence-corrected chi connectivity index (χ4v) is 2.41. The first-order valence-electron chi connectivity index (χ1n) is 6.97. The quantitative estimate of drug-likeness (QED) is 0.873. The van der Waals surface area contributed by atoms with Crippen LogP contribution in [0.3, 0.4) is 0 Å². The second-order valence-electron chi connectivity index (χ2n) is 4.99. The van der Waals surface area contributed by atoms with Gasteiger partial charge in [0.1, 0.15) is 18.1 Å². The lowest BCUT2D eigenvalue weighted by molar-refractivity contribution is 0.165. The van der Waals surface area contributed by atoms with Gasteiger partial charge in [-0.15, -0.1) is 12.4 Å². The molecule has 0 amide bonds. The van der Waals surface area contributed by atoms with Gasteiger partial charge < -0.3 is 14.8 Å². The maximum atomic E-state index is 5.75. The van der Waals surface area contributed by atoms with Gasteiger partial charge in [-0.25, -0.2) is 0 Å². The van der Waals surface area contributed by atoms with Crippen molar-refractivity contribution in [3.63, 3.8) is 0 Å². The highest BCUT2D eigenvalue weighted by atomic mass is 35.5. The Morgan fingerprint density at radius 3 is 2.35 bits per heavy atom. The van der Waals surface area contributed by atoms with E-state index < -0.39 is 0 Å². The smallest absolute Gasteiger partial charge is 0.119 e. The lowest BCUT2D eigenvalue weighted by Gasteiger charge is -2.31. The van der Waals surface area contributed by atoms with Crippen molar-refractivity contribution in [2.24, 2.45) is 0 Å². The van der Waals surface area contributed by atoms with Crippen molar-refractivity contribution in [3.8, 4) is 11.5 Å². The average molecular weight is 301 g/mol. The third kappa shape index (κ3) is 5.19. The monoisotopic (exact) mass is 300 g/mol. The molecule has 1 heterocycles. The molecule has 0 bridgehead atoms. The highest BCUT2D eigenvalue weighted by Crippen LogP contribution is 2.17. The van der Waals surface area contributed by atoms with E-state index in [4.69, 9.17) is 9.47 Å². The highest BCUT2D eigenvalue weighted by Gasteiger charge is 2.17. The van der Waals surface area contributed by atoms with Crippen LogP contribution in [0.25, 0.3) is 0 Å². The summed E-state index contributed by atoms with van der Waals surface area (Å²) in [5.41, 5.74) is 0. The molecular formula is C15H25ClN2O2. The molecule has 1 aliphatic rings. The van der Waals surface area contributed by atoms with Gasteiger partial charge in [-0.05, 0) is 57.2 Å². The van der Waals surface area contributed by atoms with Gasteiger partial charge in [0.05, 0.1) is 7.11 Å². The van der Waals surface area contributed by atoms with Crippen molar-refractivity contribution in [1.29, 1.82) is 0 Å². The van der Waals surface area contributed by atoms with E-state index >= 15 is 0 Å². The van der Waals surface area contributed by atoms with Crippen molar-refractivity contribution in [2.45, 2.75) is 18.9 Å². The van der Waals surface area contributed by atoms with E-state index in [9.17, 15) is 0 Å². The van der Waals surface area contributed by atoms with Crippen molar-refractivity contribution in [1.82, 2.24) is 10.2 Å².